The molecule has 0 N–H and O–H groups in total. The Morgan fingerprint density at radius 1 is 1.29 bits per heavy atom. The number of para-hydroxylation sites is 1. The monoisotopic (exact) mass is 193 g/mol. The third-order valence-corrected chi connectivity index (χ3v) is 2.38. The fourth-order valence-electron chi connectivity index (χ4n) is 1.44. The smallest absolute Gasteiger partial charge is 0.0718 e. The molecular formula is C12H19NO. The first-order chi connectivity index (χ1) is 6.77. The van der Waals surface area contributed by atoms with Crippen LogP contribution in [0.3, 0.4) is 0 Å². The molecule has 0 aromatic heterocycles. The molecule has 0 heterocycles. The number of hydrogen-bond acceptors (Lipinski definition) is 2. The standard InChI is InChI=1S/C12H19NO/c1-4-13(10-11(2)14-3)12-8-6-5-7-9-12/h5-9,11H,4,10H2,1-3H3. The van der Waals surface area contributed by atoms with Gasteiger partial charge in [-0.25, -0.2) is 0 Å². The third kappa shape index (κ3) is 3.04. The molecule has 14 heavy (non-hydrogen) atoms. The van der Waals surface area contributed by atoms with Crippen molar-refractivity contribution in [3.63, 3.8) is 0 Å². The molecule has 1 atom stereocenters. The molecule has 0 amide bonds. The first-order valence-corrected chi connectivity index (χ1v) is 5.10. The van der Waals surface area contributed by atoms with Gasteiger partial charge in [0.05, 0.1) is 6.10 Å². The second kappa shape index (κ2) is 5.66. The normalized spacial score (nSPS) is 12.5. The lowest BCUT2D eigenvalue weighted by molar-refractivity contribution is 0.123. The van der Waals surface area contributed by atoms with Crippen LogP contribution in [0.4, 0.5) is 5.69 Å². The van der Waals surface area contributed by atoms with Gasteiger partial charge in [0.25, 0.3) is 0 Å². The van der Waals surface area contributed by atoms with Gasteiger partial charge < -0.3 is 9.64 Å². The highest BCUT2D eigenvalue weighted by Crippen LogP contribution is 2.13. The predicted molar refractivity (Wildman–Crippen MR) is 60.8 cm³/mol. The topological polar surface area (TPSA) is 12.5 Å². The van der Waals surface area contributed by atoms with E-state index in [-0.39, 0.29) is 6.10 Å². The summed E-state index contributed by atoms with van der Waals surface area (Å²) in [6.45, 7) is 6.20. The summed E-state index contributed by atoms with van der Waals surface area (Å²) in [6, 6.07) is 10.4. The molecule has 1 aromatic rings. The van der Waals surface area contributed by atoms with Crippen molar-refractivity contribution < 1.29 is 4.74 Å². The van der Waals surface area contributed by atoms with Crippen molar-refractivity contribution in [3.05, 3.63) is 30.3 Å². The molecule has 0 saturated carbocycles. The Morgan fingerprint density at radius 3 is 2.43 bits per heavy atom. The Morgan fingerprint density at radius 2 is 1.93 bits per heavy atom. The molecule has 0 saturated heterocycles. The van der Waals surface area contributed by atoms with Gasteiger partial charge in [-0.2, -0.15) is 0 Å². The van der Waals surface area contributed by atoms with E-state index < -0.39 is 0 Å². The number of hydrogen-bond donors (Lipinski definition) is 0. The average Bonchev–Trinajstić information content (AvgIpc) is 2.26. The van der Waals surface area contributed by atoms with Crippen LogP contribution in [0.25, 0.3) is 0 Å². The summed E-state index contributed by atoms with van der Waals surface area (Å²) in [6.07, 6.45) is 0.273. The Bertz CT molecular complexity index is 248. The van der Waals surface area contributed by atoms with Gasteiger partial charge in [-0.15, -0.1) is 0 Å². The molecule has 0 bridgehead atoms. The molecule has 0 fully saturated rings. The second-order valence-electron chi connectivity index (χ2n) is 3.42. The minimum absolute atomic E-state index is 0.273. The van der Waals surface area contributed by atoms with Gasteiger partial charge in [0, 0.05) is 25.9 Å². The maximum Gasteiger partial charge on any atom is 0.0718 e. The van der Waals surface area contributed by atoms with Crippen molar-refractivity contribution in [2.24, 2.45) is 0 Å². The van der Waals surface area contributed by atoms with E-state index >= 15 is 0 Å². The van der Waals surface area contributed by atoms with E-state index in [1.807, 2.05) is 6.07 Å². The molecule has 2 nitrogen and oxygen atoms in total. The van der Waals surface area contributed by atoms with Gasteiger partial charge in [0.1, 0.15) is 0 Å². The SMILES string of the molecule is CCN(CC(C)OC)c1ccccc1. The van der Waals surface area contributed by atoms with Crippen LogP contribution in [0.15, 0.2) is 30.3 Å². The van der Waals surface area contributed by atoms with E-state index in [1.54, 1.807) is 7.11 Å². The average molecular weight is 193 g/mol. The Kier molecular flexibility index (Phi) is 4.47. The molecule has 0 aliphatic rings. The number of benzene rings is 1. The first kappa shape index (κ1) is 11.1. The molecule has 1 rings (SSSR count). The van der Waals surface area contributed by atoms with Crippen molar-refractivity contribution in [1.29, 1.82) is 0 Å². The van der Waals surface area contributed by atoms with Crippen molar-refractivity contribution in [2.45, 2.75) is 20.0 Å². The van der Waals surface area contributed by atoms with Crippen molar-refractivity contribution in [1.82, 2.24) is 0 Å². The molecule has 1 unspecified atom stereocenters. The van der Waals surface area contributed by atoms with Gasteiger partial charge >= 0.3 is 0 Å². The first-order valence-electron chi connectivity index (χ1n) is 5.10. The zero-order valence-corrected chi connectivity index (χ0v) is 9.23. The molecule has 0 spiro atoms. The maximum atomic E-state index is 5.26. The van der Waals surface area contributed by atoms with Crippen LogP contribution in [-0.2, 0) is 4.74 Å². The Hall–Kier alpha value is -1.02. The number of nitrogens with zero attached hydrogens (tertiary/aromatic N) is 1. The fraction of sp³-hybridized carbons (Fsp3) is 0.500. The van der Waals surface area contributed by atoms with Gasteiger partial charge in [-0.3, -0.25) is 0 Å². The lowest BCUT2D eigenvalue weighted by atomic mass is 10.2. The quantitative estimate of drug-likeness (QED) is 0.712. The highest BCUT2D eigenvalue weighted by atomic mass is 16.5. The zero-order valence-electron chi connectivity index (χ0n) is 9.23. The van der Waals surface area contributed by atoms with Crippen molar-refractivity contribution >= 4 is 5.69 Å². The number of rotatable bonds is 5. The van der Waals surface area contributed by atoms with E-state index in [4.69, 9.17) is 4.74 Å². The molecule has 0 aliphatic carbocycles. The summed E-state index contributed by atoms with van der Waals surface area (Å²) in [5, 5.41) is 0. The van der Waals surface area contributed by atoms with E-state index in [2.05, 4.69) is 43.0 Å². The number of likely N-dealkylation sites (N-methyl/N-ethyl adjacent to an activating group) is 1. The molecule has 78 valence electrons. The van der Waals surface area contributed by atoms with E-state index in [9.17, 15) is 0 Å². The number of methoxy groups -OCH3 is 1. The van der Waals surface area contributed by atoms with Crippen LogP contribution in [-0.4, -0.2) is 26.3 Å². The summed E-state index contributed by atoms with van der Waals surface area (Å²) in [5.74, 6) is 0. The molecule has 0 radical (unpaired) electrons. The number of anilines is 1. The molecule has 2 heteroatoms. The minimum atomic E-state index is 0.273. The molecule has 0 aliphatic heterocycles. The molecule has 1 aromatic carbocycles. The fourth-order valence-corrected chi connectivity index (χ4v) is 1.44. The van der Waals surface area contributed by atoms with E-state index in [1.165, 1.54) is 5.69 Å². The van der Waals surface area contributed by atoms with Crippen LogP contribution in [0.5, 0.6) is 0 Å². The Balaban J connectivity index is 2.63. The Labute approximate surface area is 86.5 Å². The predicted octanol–water partition coefficient (Wildman–Crippen LogP) is 2.55. The highest BCUT2D eigenvalue weighted by Gasteiger charge is 2.07. The summed E-state index contributed by atoms with van der Waals surface area (Å²) >= 11 is 0. The van der Waals surface area contributed by atoms with Gasteiger partial charge in [0.15, 0.2) is 0 Å². The lowest BCUT2D eigenvalue weighted by Gasteiger charge is -2.25. The largest absolute Gasteiger partial charge is 0.380 e. The van der Waals surface area contributed by atoms with Gasteiger partial charge in [-0.05, 0) is 26.0 Å². The van der Waals surface area contributed by atoms with E-state index in [0.717, 1.165) is 13.1 Å². The van der Waals surface area contributed by atoms with Crippen LogP contribution < -0.4 is 4.90 Å². The van der Waals surface area contributed by atoms with Crippen LogP contribution in [0, 0.1) is 0 Å². The lowest BCUT2D eigenvalue weighted by Crippen LogP contribution is -2.31. The minimum Gasteiger partial charge on any atom is -0.380 e. The van der Waals surface area contributed by atoms with Crippen LogP contribution >= 0.6 is 0 Å². The number of ether oxygens (including phenoxy) is 1. The second-order valence-corrected chi connectivity index (χ2v) is 3.42. The zero-order chi connectivity index (χ0) is 10.4. The third-order valence-electron chi connectivity index (χ3n) is 2.38. The summed E-state index contributed by atoms with van der Waals surface area (Å²) < 4.78 is 5.26. The van der Waals surface area contributed by atoms with Crippen LogP contribution in [0.1, 0.15) is 13.8 Å². The van der Waals surface area contributed by atoms with Crippen LogP contribution in [0.2, 0.25) is 0 Å². The summed E-state index contributed by atoms with van der Waals surface area (Å²) in [7, 11) is 1.75. The van der Waals surface area contributed by atoms with Crippen molar-refractivity contribution in [2.75, 3.05) is 25.1 Å². The van der Waals surface area contributed by atoms with E-state index in [0.29, 0.717) is 0 Å². The summed E-state index contributed by atoms with van der Waals surface area (Å²) in [5.41, 5.74) is 1.26. The highest BCUT2D eigenvalue weighted by molar-refractivity contribution is 5.45. The molecular weight excluding hydrogens is 174 g/mol. The summed E-state index contributed by atoms with van der Waals surface area (Å²) in [4.78, 5) is 2.31. The van der Waals surface area contributed by atoms with Crippen molar-refractivity contribution in [3.8, 4) is 0 Å². The van der Waals surface area contributed by atoms with Gasteiger partial charge in [-0.1, -0.05) is 18.2 Å². The maximum absolute atomic E-state index is 5.26. The van der Waals surface area contributed by atoms with Gasteiger partial charge in [0.2, 0.25) is 0 Å².